The number of nitrogens with zero attached hydrogens (tertiary/aromatic N) is 1. The van der Waals surface area contributed by atoms with Gasteiger partial charge in [0.1, 0.15) is 0 Å². The van der Waals surface area contributed by atoms with Crippen LogP contribution in [0.25, 0.3) is 0 Å². The van der Waals surface area contributed by atoms with Crippen LogP contribution in [0.15, 0.2) is 18.2 Å². The Morgan fingerprint density at radius 1 is 1.42 bits per heavy atom. The number of ether oxygens (including phenoxy) is 1. The molecule has 3 nitrogen and oxygen atoms in total. The molecule has 1 saturated carbocycles. The lowest BCUT2D eigenvalue weighted by molar-refractivity contribution is 0.0280. The van der Waals surface area contributed by atoms with E-state index in [1.807, 2.05) is 20.2 Å². The second-order valence-corrected chi connectivity index (χ2v) is 5.68. The molecule has 4 heteroatoms. The fourth-order valence-corrected chi connectivity index (χ4v) is 3.27. The lowest BCUT2D eigenvalue weighted by atomic mass is 9.62. The molecule has 0 saturated heterocycles. The van der Waals surface area contributed by atoms with Gasteiger partial charge in [0, 0.05) is 11.5 Å². The van der Waals surface area contributed by atoms with E-state index in [4.69, 9.17) is 10.5 Å². The van der Waals surface area contributed by atoms with Crippen LogP contribution in [-0.4, -0.2) is 32.6 Å². The van der Waals surface area contributed by atoms with Crippen LogP contribution >= 0.6 is 0 Å². The summed E-state index contributed by atoms with van der Waals surface area (Å²) < 4.78 is 18.9. The molecule has 1 aromatic rings. The number of hydrogen-bond acceptors (Lipinski definition) is 3. The first-order valence-electron chi connectivity index (χ1n) is 6.74. The average Bonchev–Trinajstić information content (AvgIpc) is 2.33. The SMILES string of the molecule is COc1ccc(C(N(C)C)C2(CN)CCC2)cc1F. The highest BCUT2D eigenvalue weighted by atomic mass is 19.1. The molecule has 1 aliphatic carbocycles. The fourth-order valence-electron chi connectivity index (χ4n) is 3.27. The first-order chi connectivity index (χ1) is 9.04. The van der Waals surface area contributed by atoms with Gasteiger partial charge in [0.25, 0.3) is 0 Å². The van der Waals surface area contributed by atoms with E-state index in [1.165, 1.54) is 13.5 Å². The Hall–Kier alpha value is -1.13. The van der Waals surface area contributed by atoms with Crippen LogP contribution in [-0.2, 0) is 0 Å². The molecule has 1 aliphatic rings. The van der Waals surface area contributed by atoms with Gasteiger partial charge < -0.3 is 15.4 Å². The molecular formula is C15H23FN2O. The van der Waals surface area contributed by atoms with Crippen molar-refractivity contribution in [3.63, 3.8) is 0 Å². The number of rotatable bonds is 5. The highest BCUT2D eigenvalue weighted by Crippen LogP contribution is 2.51. The van der Waals surface area contributed by atoms with E-state index in [0.29, 0.717) is 6.54 Å². The summed E-state index contributed by atoms with van der Waals surface area (Å²) in [5.74, 6) is -0.0185. The molecule has 1 aromatic carbocycles. The first kappa shape index (κ1) is 14.3. The van der Waals surface area contributed by atoms with Crippen molar-refractivity contribution in [2.24, 2.45) is 11.1 Å². The Balaban J connectivity index is 2.37. The van der Waals surface area contributed by atoms with E-state index in [1.54, 1.807) is 12.1 Å². The van der Waals surface area contributed by atoms with Gasteiger partial charge in [-0.05, 0) is 51.2 Å². The number of methoxy groups -OCH3 is 1. The molecular weight excluding hydrogens is 243 g/mol. The van der Waals surface area contributed by atoms with E-state index < -0.39 is 0 Å². The number of hydrogen-bond donors (Lipinski definition) is 1. The second kappa shape index (κ2) is 5.47. The molecule has 0 heterocycles. The third-order valence-corrected chi connectivity index (χ3v) is 4.34. The maximum Gasteiger partial charge on any atom is 0.165 e. The summed E-state index contributed by atoms with van der Waals surface area (Å²) in [5.41, 5.74) is 7.06. The molecule has 1 unspecified atom stereocenters. The van der Waals surface area contributed by atoms with E-state index in [2.05, 4.69) is 4.90 Å². The number of nitrogens with two attached hydrogens (primary N) is 1. The molecule has 106 valence electrons. The van der Waals surface area contributed by atoms with Crippen LogP contribution in [0, 0.1) is 11.2 Å². The average molecular weight is 266 g/mol. The quantitative estimate of drug-likeness (QED) is 0.890. The van der Waals surface area contributed by atoms with Crippen LogP contribution in [0.3, 0.4) is 0 Å². The van der Waals surface area contributed by atoms with Gasteiger partial charge in [-0.25, -0.2) is 4.39 Å². The van der Waals surface area contributed by atoms with Gasteiger partial charge in [-0.2, -0.15) is 0 Å². The minimum atomic E-state index is -0.307. The van der Waals surface area contributed by atoms with E-state index in [0.717, 1.165) is 18.4 Å². The summed E-state index contributed by atoms with van der Waals surface area (Å²) in [6.45, 7) is 0.642. The topological polar surface area (TPSA) is 38.5 Å². The normalized spacial score (nSPS) is 19.1. The van der Waals surface area contributed by atoms with Crippen LogP contribution in [0.2, 0.25) is 0 Å². The lowest BCUT2D eigenvalue weighted by Gasteiger charge is -2.50. The highest BCUT2D eigenvalue weighted by molar-refractivity contribution is 5.32. The standard InChI is InChI=1S/C15H23FN2O/c1-18(2)14(15(10-17)7-4-8-15)11-5-6-13(19-3)12(16)9-11/h5-6,9,14H,4,7-8,10,17H2,1-3H3. The molecule has 2 N–H and O–H groups in total. The van der Waals surface area contributed by atoms with Crippen molar-refractivity contribution in [2.75, 3.05) is 27.7 Å². The van der Waals surface area contributed by atoms with Gasteiger partial charge in [0.15, 0.2) is 11.6 Å². The fraction of sp³-hybridized carbons (Fsp3) is 0.600. The minimum absolute atomic E-state index is 0.0878. The van der Waals surface area contributed by atoms with Crippen molar-refractivity contribution < 1.29 is 9.13 Å². The predicted octanol–water partition coefficient (Wildman–Crippen LogP) is 2.57. The Bertz CT molecular complexity index is 438. The molecule has 0 amide bonds. The molecule has 2 rings (SSSR count). The molecule has 1 fully saturated rings. The minimum Gasteiger partial charge on any atom is -0.494 e. The lowest BCUT2D eigenvalue weighted by Crippen LogP contribution is -2.47. The summed E-state index contributed by atoms with van der Waals surface area (Å²) in [7, 11) is 5.54. The van der Waals surface area contributed by atoms with Crippen molar-refractivity contribution >= 4 is 0 Å². The molecule has 0 radical (unpaired) electrons. The smallest absolute Gasteiger partial charge is 0.165 e. The maximum atomic E-state index is 13.9. The van der Waals surface area contributed by atoms with Crippen molar-refractivity contribution in [1.82, 2.24) is 4.90 Å². The zero-order valence-electron chi connectivity index (χ0n) is 11.9. The third-order valence-electron chi connectivity index (χ3n) is 4.34. The summed E-state index contributed by atoms with van der Waals surface area (Å²) >= 11 is 0. The van der Waals surface area contributed by atoms with Gasteiger partial charge in [-0.15, -0.1) is 0 Å². The Morgan fingerprint density at radius 3 is 2.47 bits per heavy atom. The zero-order chi connectivity index (χ0) is 14.0. The molecule has 1 atom stereocenters. The Morgan fingerprint density at radius 2 is 2.11 bits per heavy atom. The Kier molecular flexibility index (Phi) is 4.11. The molecule has 0 bridgehead atoms. The van der Waals surface area contributed by atoms with Crippen LogP contribution in [0.1, 0.15) is 30.9 Å². The third kappa shape index (κ3) is 2.47. The van der Waals surface area contributed by atoms with E-state index in [-0.39, 0.29) is 23.0 Å². The number of halogens is 1. The van der Waals surface area contributed by atoms with Crippen molar-refractivity contribution in [2.45, 2.75) is 25.3 Å². The van der Waals surface area contributed by atoms with E-state index >= 15 is 0 Å². The van der Waals surface area contributed by atoms with Gasteiger partial charge in [-0.3, -0.25) is 0 Å². The summed E-state index contributed by atoms with van der Waals surface area (Å²) in [5, 5.41) is 0. The molecule has 0 aliphatic heterocycles. The summed E-state index contributed by atoms with van der Waals surface area (Å²) in [4.78, 5) is 2.15. The second-order valence-electron chi connectivity index (χ2n) is 5.68. The molecule has 19 heavy (non-hydrogen) atoms. The Labute approximate surface area is 114 Å². The van der Waals surface area contributed by atoms with Crippen molar-refractivity contribution in [3.05, 3.63) is 29.6 Å². The van der Waals surface area contributed by atoms with Gasteiger partial charge in [0.05, 0.1) is 7.11 Å². The first-order valence-corrected chi connectivity index (χ1v) is 6.74. The van der Waals surface area contributed by atoms with E-state index in [9.17, 15) is 4.39 Å². The summed E-state index contributed by atoms with van der Waals surface area (Å²) in [6, 6.07) is 5.39. The maximum absolute atomic E-state index is 13.9. The van der Waals surface area contributed by atoms with Crippen molar-refractivity contribution in [3.8, 4) is 5.75 Å². The van der Waals surface area contributed by atoms with Crippen molar-refractivity contribution in [1.29, 1.82) is 0 Å². The van der Waals surface area contributed by atoms with Crippen LogP contribution in [0.4, 0.5) is 4.39 Å². The predicted molar refractivity (Wildman–Crippen MR) is 74.7 cm³/mol. The van der Waals surface area contributed by atoms with Crippen LogP contribution < -0.4 is 10.5 Å². The van der Waals surface area contributed by atoms with Gasteiger partial charge in [0.2, 0.25) is 0 Å². The van der Waals surface area contributed by atoms with Gasteiger partial charge in [-0.1, -0.05) is 12.5 Å². The monoisotopic (exact) mass is 266 g/mol. The zero-order valence-corrected chi connectivity index (χ0v) is 11.9. The highest BCUT2D eigenvalue weighted by Gasteiger charge is 2.44. The molecule has 0 aromatic heterocycles. The number of benzene rings is 1. The van der Waals surface area contributed by atoms with Gasteiger partial charge >= 0.3 is 0 Å². The van der Waals surface area contributed by atoms with Crippen LogP contribution in [0.5, 0.6) is 5.75 Å². The largest absolute Gasteiger partial charge is 0.494 e. The molecule has 0 spiro atoms. The summed E-state index contributed by atoms with van der Waals surface area (Å²) in [6.07, 6.45) is 3.43.